The second kappa shape index (κ2) is 6.38. The van der Waals surface area contributed by atoms with E-state index in [1.165, 1.54) is 38.6 Å². The van der Waals surface area contributed by atoms with Crippen molar-refractivity contribution in [3.63, 3.8) is 0 Å². The van der Waals surface area contributed by atoms with Crippen molar-refractivity contribution in [1.82, 2.24) is 4.90 Å². The summed E-state index contributed by atoms with van der Waals surface area (Å²) in [7, 11) is 0. The number of rotatable bonds is 4. The molecule has 2 nitrogen and oxygen atoms in total. The Morgan fingerprint density at radius 3 is 2.50 bits per heavy atom. The lowest BCUT2D eigenvalue weighted by molar-refractivity contribution is 0.0239. The highest BCUT2D eigenvalue weighted by atomic mass is 16.3. The van der Waals surface area contributed by atoms with E-state index in [0.29, 0.717) is 6.04 Å². The SMILES string of the molecule is CC1CC(C)C(C)N(CC(O)CC2CCCC2)C1. The van der Waals surface area contributed by atoms with Crippen LogP contribution >= 0.6 is 0 Å². The van der Waals surface area contributed by atoms with Gasteiger partial charge in [0.15, 0.2) is 0 Å². The first-order valence-corrected chi connectivity index (χ1v) is 7.98. The van der Waals surface area contributed by atoms with E-state index in [1.54, 1.807) is 0 Å². The molecule has 1 aliphatic carbocycles. The van der Waals surface area contributed by atoms with Crippen LogP contribution in [0, 0.1) is 17.8 Å². The molecular weight excluding hydrogens is 222 g/mol. The number of nitrogens with zero attached hydrogens (tertiary/aromatic N) is 1. The number of hydrogen-bond donors (Lipinski definition) is 1. The minimum absolute atomic E-state index is 0.104. The molecule has 4 unspecified atom stereocenters. The molecule has 2 aliphatic rings. The monoisotopic (exact) mass is 253 g/mol. The molecule has 0 amide bonds. The average Bonchev–Trinajstić information content (AvgIpc) is 2.77. The molecule has 0 aromatic carbocycles. The summed E-state index contributed by atoms with van der Waals surface area (Å²) in [5.41, 5.74) is 0. The van der Waals surface area contributed by atoms with Crippen molar-refractivity contribution in [3.05, 3.63) is 0 Å². The number of aliphatic hydroxyl groups excluding tert-OH is 1. The van der Waals surface area contributed by atoms with Gasteiger partial charge in [-0.2, -0.15) is 0 Å². The Balaban J connectivity index is 1.79. The van der Waals surface area contributed by atoms with Crippen molar-refractivity contribution in [1.29, 1.82) is 0 Å². The molecule has 1 heterocycles. The molecule has 0 radical (unpaired) electrons. The van der Waals surface area contributed by atoms with E-state index in [9.17, 15) is 5.11 Å². The molecule has 1 saturated carbocycles. The van der Waals surface area contributed by atoms with Gasteiger partial charge in [0.25, 0.3) is 0 Å². The van der Waals surface area contributed by atoms with Crippen LogP contribution < -0.4 is 0 Å². The van der Waals surface area contributed by atoms with Crippen LogP contribution in [-0.2, 0) is 0 Å². The van der Waals surface area contributed by atoms with Crippen LogP contribution in [0.3, 0.4) is 0 Å². The molecule has 1 N–H and O–H groups in total. The lowest BCUT2D eigenvalue weighted by atomic mass is 9.85. The van der Waals surface area contributed by atoms with E-state index in [0.717, 1.165) is 30.7 Å². The van der Waals surface area contributed by atoms with Gasteiger partial charge in [0.1, 0.15) is 0 Å². The molecule has 1 aliphatic heterocycles. The smallest absolute Gasteiger partial charge is 0.0669 e. The highest BCUT2D eigenvalue weighted by Gasteiger charge is 2.30. The predicted octanol–water partition coefficient (Wildman–Crippen LogP) is 3.29. The molecule has 4 atom stereocenters. The van der Waals surface area contributed by atoms with E-state index < -0.39 is 0 Å². The van der Waals surface area contributed by atoms with Gasteiger partial charge in [0, 0.05) is 19.1 Å². The Labute approximate surface area is 113 Å². The fourth-order valence-corrected chi connectivity index (χ4v) is 4.05. The second-order valence-corrected chi connectivity index (χ2v) is 7.05. The van der Waals surface area contributed by atoms with Crippen molar-refractivity contribution in [2.24, 2.45) is 17.8 Å². The standard InChI is InChI=1S/C16H31NO/c1-12-8-13(2)14(3)17(10-12)11-16(18)9-15-6-4-5-7-15/h12-16,18H,4-11H2,1-3H3. The normalized spacial score (nSPS) is 37.0. The third-order valence-corrected chi connectivity index (χ3v) is 5.25. The lowest BCUT2D eigenvalue weighted by Crippen LogP contribution is -2.48. The van der Waals surface area contributed by atoms with E-state index in [4.69, 9.17) is 0 Å². The Morgan fingerprint density at radius 1 is 1.17 bits per heavy atom. The van der Waals surface area contributed by atoms with E-state index in [1.807, 2.05) is 0 Å². The van der Waals surface area contributed by atoms with Crippen molar-refractivity contribution < 1.29 is 5.11 Å². The molecule has 0 aromatic heterocycles. The summed E-state index contributed by atoms with van der Waals surface area (Å²) in [6, 6.07) is 0.638. The van der Waals surface area contributed by atoms with Gasteiger partial charge in [0.2, 0.25) is 0 Å². The fraction of sp³-hybridized carbons (Fsp3) is 1.00. The van der Waals surface area contributed by atoms with Crippen molar-refractivity contribution in [2.75, 3.05) is 13.1 Å². The number of β-amino-alcohol motifs (C(OH)–C–C–N with tert-alkyl or cyclic N) is 1. The Kier molecular flexibility index (Phi) is 5.08. The Bertz CT molecular complexity index is 249. The van der Waals surface area contributed by atoms with Crippen molar-refractivity contribution in [2.45, 2.75) is 71.4 Å². The predicted molar refractivity (Wildman–Crippen MR) is 76.6 cm³/mol. The first-order valence-electron chi connectivity index (χ1n) is 7.98. The van der Waals surface area contributed by atoms with Gasteiger partial charge >= 0.3 is 0 Å². The topological polar surface area (TPSA) is 23.5 Å². The van der Waals surface area contributed by atoms with Gasteiger partial charge in [-0.25, -0.2) is 0 Å². The number of piperidine rings is 1. The summed E-state index contributed by atoms with van der Waals surface area (Å²) in [5, 5.41) is 10.3. The zero-order valence-electron chi connectivity index (χ0n) is 12.4. The number of aliphatic hydroxyl groups is 1. The quantitative estimate of drug-likeness (QED) is 0.831. The van der Waals surface area contributed by atoms with Gasteiger partial charge < -0.3 is 5.11 Å². The zero-order chi connectivity index (χ0) is 13.1. The molecule has 1 saturated heterocycles. The second-order valence-electron chi connectivity index (χ2n) is 7.05. The fourth-order valence-electron chi connectivity index (χ4n) is 4.05. The maximum absolute atomic E-state index is 10.3. The molecular formula is C16H31NO. The first-order chi connectivity index (χ1) is 8.56. The number of likely N-dealkylation sites (tertiary alicyclic amines) is 1. The van der Waals surface area contributed by atoms with Gasteiger partial charge in [-0.1, -0.05) is 39.5 Å². The van der Waals surface area contributed by atoms with Gasteiger partial charge in [0.05, 0.1) is 6.10 Å². The molecule has 2 fully saturated rings. The molecule has 0 aromatic rings. The van der Waals surface area contributed by atoms with E-state index in [-0.39, 0.29) is 6.10 Å². The third kappa shape index (κ3) is 3.71. The molecule has 106 valence electrons. The van der Waals surface area contributed by atoms with Gasteiger partial charge in [-0.05, 0) is 37.5 Å². The maximum Gasteiger partial charge on any atom is 0.0669 e. The molecule has 0 spiro atoms. The molecule has 0 bridgehead atoms. The van der Waals surface area contributed by atoms with Crippen LogP contribution in [0.5, 0.6) is 0 Å². The zero-order valence-corrected chi connectivity index (χ0v) is 12.4. The minimum Gasteiger partial charge on any atom is -0.392 e. The summed E-state index contributed by atoms with van der Waals surface area (Å²) in [6.07, 6.45) is 7.73. The number of hydrogen-bond acceptors (Lipinski definition) is 2. The summed E-state index contributed by atoms with van der Waals surface area (Å²) in [4.78, 5) is 2.53. The highest BCUT2D eigenvalue weighted by molar-refractivity contribution is 4.84. The van der Waals surface area contributed by atoms with Crippen molar-refractivity contribution in [3.8, 4) is 0 Å². The summed E-state index contributed by atoms with van der Waals surface area (Å²) < 4.78 is 0. The van der Waals surface area contributed by atoms with E-state index >= 15 is 0 Å². The summed E-state index contributed by atoms with van der Waals surface area (Å²) in [6.45, 7) is 9.10. The van der Waals surface area contributed by atoms with Crippen LogP contribution in [0.2, 0.25) is 0 Å². The highest BCUT2D eigenvalue weighted by Crippen LogP contribution is 2.30. The van der Waals surface area contributed by atoms with Gasteiger partial charge in [-0.15, -0.1) is 0 Å². The maximum atomic E-state index is 10.3. The lowest BCUT2D eigenvalue weighted by Gasteiger charge is -2.42. The largest absolute Gasteiger partial charge is 0.392 e. The first kappa shape index (κ1) is 14.3. The minimum atomic E-state index is -0.104. The van der Waals surface area contributed by atoms with Crippen LogP contribution in [-0.4, -0.2) is 35.2 Å². The average molecular weight is 253 g/mol. The van der Waals surface area contributed by atoms with Crippen LogP contribution in [0.4, 0.5) is 0 Å². The summed E-state index contributed by atoms with van der Waals surface area (Å²) in [5.74, 6) is 2.36. The van der Waals surface area contributed by atoms with Crippen molar-refractivity contribution >= 4 is 0 Å². The summed E-state index contributed by atoms with van der Waals surface area (Å²) >= 11 is 0. The van der Waals surface area contributed by atoms with E-state index in [2.05, 4.69) is 25.7 Å². The third-order valence-electron chi connectivity index (χ3n) is 5.25. The van der Waals surface area contributed by atoms with Crippen LogP contribution in [0.25, 0.3) is 0 Å². The van der Waals surface area contributed by atoms with Gasteiger partial charge in [-0.3, -0.25) is 4.90 Å². The van der Waals surface area contributed by atoms with Crippen LogP contribution in [0.15, 0.2) is 0 Å². The molecule has 2 heteroatoms. The Morgan fingerprint density at radius 2 is 1.83 bits per heavy atom. The van der Waals surface area contributed by atoms with Crippen LogP contribution in [0.1, 0.15) is 59.3 Å². The Hall–Kier alpha value is -0.0800. The molecule has 2 rings (SSSR count). The molecule has 18 heavy (non-hydrogen) atoms.